The molecule has 1 unspecified atom stereocenters. The minimum atomic E-state index is -0.441. The molecule has 0 heterocycles. The predicted octanol–water partition coefficient (Wildman–Crippen LogP) is 2.73. The first-order valence-corrected chi connectivity index (χ1v) is 6.61. The SMILES string of the molecule is COC(=O)C(CN)(CCC(C)(C)C)CC1CC1. The largest absolute Gasteiger partial charge is 0.469 e. The summed E-state index contributed by atoms with van der Waals surface area (Å²) in [6, 6.07) is 0. The maximum Gasteiger partial charge on any atom is 0.313 e. The van der Waals surface area contributed by atoms with Gasteiger partial charge >= 0.3 is 5.97 Å². The molecule has 1 rings (SSSR count). The number of carbonyl (C=O) groups excluding carboxylic acids is 1. The quantitative estimate of drug-likeness (QED) is 0.727. The molecule has 0 radical (unpaired) electrons. The summed E-state index contributed by atoms with van der Waals surface area (Å²) in [6.07, 6.45) is 5.25. The molecule has 2 N–H and O–H groups in total. The number of hydrogen-bond acceptors (Lipinski definition) is 3. The summed E-state index contributed by atoms with van der Waals surface area (Å²) in [5.41, 5.74) is 5.68. The molecule has 0 amide bonds. The molecule has 1 saturated carbocycles. The van der Waals surface area contributed by atoms with Gasteiger partial charge in [-0.25, -0.2) is 0 Å². The van der Waals surface area contributed by atoms with Gasteiger partial charge in [-0.3, -0.25) is 4.79 Å². The summed E-state index contributed by atoms with van der Waals surface area (Å²) in [4.78, 5) is 12.0. The van der Waals surface area contributed by atoms with Crippen LogP contribution in [0.3, 0.4) is 0 Å². The smallest absolute Gasteiger partial charge is 0.313 e. The fourth-order valence-electron chi connectivity index (χ4n) is 2.26. The number of ether oxygens (including phenoxy) is 1. The Hall–Kier alpha value is -0.570. The number of esters is 1. The van der Waals surface area contributed by atoms with E-state index in [1.54, 1.807) is 0 Å². The van der Waals surface area contributed by atoms with Crippen LogP contribution in [0, 0.1) is 16.7 Å². The molecular formula is C14H27NO2. The van der Waals surface area contributed by atoms with E-state index < -0.39 is 5.41 Å². The molecule has 0 aromatic rings. The van der Waals surface area contributed by atoms with E-state index in [1.807, 2.05) is 0 Å². The summed E-state index contributed by atoms with van der Waals surface area (Å²) in [5, 5.41) is 0. The Labute approximate surface area is 105 Å². The summed E-state index contributed by atoms with van der Waals surface area (Å²) in [6.45, 7) is 7.00. The Morgan fingerprint density at radius 1 is 1.29 bits per heavy atom. The molecule has 0 aromatic heterocycles. The molecule has 0 aliphatic heterocycles. The van der Waals surface area contributed by atoms with Crippen molar-refractivity contribution in [1.82, 2.24) is 0 Å². The van der Waals surface area contributed by atoms with E-state index in [2.05, 4.69) is 20.8 Å². The van der Waals surface area contributed by atoms with Crippen LogP contribution in [0.2, 0.25) is 0 Å². The first-order chi connectivity index (χ1) is 7.83. The molecule has 0 aromatic carbocycles. The third-order valence-electron chi connectivity index (χ3n) is 3.74. The van der Waals surface area contributed by atoms with Crippen LogP contribution in [0.25, 0.3) is 0 Å². The highest BCUT2D eigenvalue weighted by Crippen LogP contribution is 2.44. The van der Waals surface area contributed by atoms with Crippen LogP contribution < -0.4 is 5.73 Å². The summed E-state index contributed by atoms with van der Waals surface area (Å²) >= 11 is 0. The second-order valence-electron chi connectivity index (χ2n) is 6.68. The predicted molar refractivity (Wildman–Crippen MR) is 69.5 cm³/mol. The van der Waals surface area contributed by atoms with Crippen LogP contribution >= 0.6 is 0 Å². The van der Waals surface area contributed by atoms with Gasteiger partial charge in [-0.05, 0) is 30.6 Å². The molecule has 3 heteroatoms. The lowest BCUT2D eigenvalue weighted by Crippen LogP contribution is -2.40. The molecule has 0 bridgehead atoms. The average molecular weight is 241 g/mol. The molecule has 1 fully saturated rings. The zero-order valence-corrected chi connectivity index (χ0v) is 11.7. The van der Waals surface area contributed by atoms with Crippen LogP contribution in [0.15, 0.2) is 0 Å². The van der Waals surface area contributed by atoms with Gasteiger partial charge in [-0.1, -0.05) is 33.6 Å². The molecular weight excluding hydrogens is 214 g/mol. The topological polar surface area (TPSA) is 52.3 Å². The van der Waals surface area contributed by atoms with Crippen molar-refractivity contribution >= 4 is 5.97 Å². The van der Waals surface area contributed by atoms with Crippen LogP contribution in [0.5, 0.6) is 0 Å². The van der Waals surface area contributed by atoms with Crippen LogP contribution in [0.4, 0.5) is 0 Å². The highest BCUT2D eigenvalue weighted by atomic mass is 16.5. The van der Waals surface area contributed by atoms with Crippen LogP contribution in [-0.2, 0) is 9.53 Å². The lowest BCUT2D eigenvalue weighted by Gasteiger charge is -2.32. The second kappa shape index (κ2) is 5.38. The maximum atomic E-state index is 12.0. The van der Waals surface area contributed by atoms with Gasteiger partial charge in [0.2, 0.25) is 0 Å². The Kier molecular flexibility index (Phi) is 4.59. The van der Waals surface area contributed by atoms with Gasteiger partial charge in [-0.2, -0.15) is 0 Å². The van der Waals surface area contributed by atoms with Crippen molar-refractivity contribution in [1.29, 1.82) is 0 Å². The normalized spacial score (nSPS) is 19.8. The number of carbonyl (C=O) groups is 1. The standard InChI is InChI=1S/C14H27NO2/c1-13(2,3)7-8-14(10-15,12(16)17-4)9-11-5-6-11/h11H,5-10,15H2,1-4H3. The minimum absolute atomic E-state index is 0.115. The van der Waals surface area contributed by atoms with Crippen molar-refractivity contribution in [3.63, 3.8) is 0 Å². The average Bonchev–Trinajstić information content (AvgIpc) is 3.05. The molecule has 3 nitrogen and oxygen atoms in total. The Morgan fingerprint density at radius 2 is 1.88 bits per heavy atom. The zero-order valence-electron chi connectivity index (χ0n) is 11.7. The Morgan fingerprint density at radius 3 is 2.24 bits per heavy atom. The van der Waals surface area contributed by atoms with Crippen LogP contribution in [-0.4, -0.2) is 19.6 Å². The monoisotopic (exact) mass is 241 g/mol. The molecule has 100 valence electrons. The second-order valence-corrected chi connectivity index (χ2v) is 6.68. The molecule has 0 saturated heterocycles. The summed E-state index contributed by atoms with van der Waals surface area (Å²) in [7, 11) is 1.47. The van der Waals surface area contributed by atoms with Gasteiger partial charge < -0.3 is 10.5 Å². The van der Waals surface area contributed by atoms with Crippen LogP contribution in [0.1, 0.15) is 52.9 Å². The Balaban J connectivity index is 2.70. The van der Waals surface area contributed by atoms with Crippen molar-refractivity contribution in [3.8, 4) is 0 Å². The van der Waals surface area contributed by atoms with E-state index in [1.165, 1.54) is 20.0 Å². The highest BCUT2D eigenvalue weighted by Gasteiger charge is 2.43. The first-order valence-electron chi connectivity index (χ1n) is 6.61. The summed E-state index contributed by atoms with van der Waals surface area (Å²) < 4.78 is 4.98. The fraction of sp³-hybridized carbons (Fsp3) is 0.929. The number of nitrogens with two attached hydrogens (primary N) is 1. The van der Waals surface area contributed by atoms with Crippen molar-refractivity contribution in [2.75, 3.05) is 13.7 Å². The van der Waals surface area contributed by atoms with Crippen molar-refractivity contribution in [2.45, 2.75) is 52.9 Å². The number of methoxy groups -OCH3 is 1. The van der Waals surface area contributed by atoms with E-state index in [0.717, 1.165) is 19.3 Å². The molecule has 0 spiro atoms. The van der Waals surface area contributed by atoms with Crippen molar-refractivity contribution in [2.24, 2.45) is 22.5 Å². The number of rotatable bonds is 6. The van der Waals surface area contributed by atoms with E-state index in [0.29, 0.717) is 12.5 Å². The van der Waals surface area contributed by atoms with Crippen molar-refractivity contribution < 1.29 is 9.53 Å². The molecule has 1 atom stereocenters. The maximum absolute atomic E-state index is 12.0. The zero-order chi connectivity index (χ0) is 13.1. The van der Waals surface area contributed by atoms with Gasteiger partial charge in [-0.15, -0.1) is 0 Å². The van der Waals surface area contributed by atoms with E-state index in [4.69, 9.17) is 10.5 Å². The first kappa shape index (κ1) is 14.5. The lowest BCUT2D eigenvalue weighted by atomic mass is 9.74. The molecule has 17 heavy (non-hydrogen) atoms. The summed E-state index contributed by atoms with van der Waals surface area (Å²) in [5.74, 6) is 0.578. The van der Waals surface area contributed by atoms with Gasteiger partial charge in [0.15, 0.2) is 0 Å². The fourth-order valence-corrected chi connectivity index (χ4v) is 2.26. The third-order valence-corrected chi connectivity index (χ3v) is 3.74. The van der Waals surface area contributed by atoms with E-state index in [9.17, 15) is 4.79 Å². The van der Waals surface area contributed by atoms with Gasteiger partial charge in [0.05, 0.1) is 12.5 Å². The Bertz CT molecular complexity index is 266. The minimum Gasteiger partial charge on any atom is -0.469 e. The van der Waals surface area contributed by atoms with Crippen molar-refractivity contribution in [3.05, 3.63) is 0 Å². The molecule has 1 aliphatic rings. The van der Waals surface area contributed by atoms with E-state index >= 15 is 0 Å². The van der Waals surface area contributed by atoms with E-state index in [-0.39, 0.29) is 11.4 Å². The van der Waals surface area contributed by atoms with Gasteiger partial charge in [0, 0.05) is 6.54 Å². The third kappa shape index (κ3) is 4.30. The van der Waals surface area contributed by atoms with Gasteiger partial charge in [0.25, 0.3) is 0 Å². The van der Waals surface area contributed by atoms with Gasteiger partial charge in [0.1, 0.15) is 0 Å². The lowest BCUT2D eigenvalue weighted by molar-refractivity contribution is -0.153. The highest BCUT2D eigenvalue weighted by molar-refractivity contribution is 5.77. The number of hydrogen-bond donors (Lipinski definition) is 1. The molecule has 1 aliphatic carbocycles.